The van der Waals surface area contributed by atoms with E-state index in [1.165, 1.54) is 0 Å². The highest BCUT2D eigenvalue weighted by molar-refractivity contribution is 5.90. The van der Waals surface area contributed by atoms with Gasteiger partial charge in [-0.3, -0.25) is 0 Å². The predicted octanol–water partition coefficient (Wildman–Crippen LogP) is 2.29. The van der Waals surface area contributed by atoms with Crippen LogP contribution in [-0.2, 0) is 0 Å². The van der Waals surface area contributed by atoms with Crippen LogP contribution < -0.4 is 11.1 Å². The Morgan fingerprint density at radius 1 is 1.56 bits per heavy atom. The Morgan fingerprint density at radius 3 is 3.00 bits per heavy atom. The van der Waals surface area contributed by atoms with Gasteiger partial charge in [0.1, 0.15) is 0 Å². The van der Waals surface area contributed by atoms with Crippen molar-refractivity contribution in [3.05, 3.63) is 24.3 Å². The van der Waals surface area contributed by atoms with Crippen molar-refractivity contribution < 1.29 is 4.79 Å². The second-order valence-corrected chi connectivity index (χ2v) is 4.24. The van der Waals surface area contributed by atoms with Crippen LogP contribution in [0.4, 0.5) is 16.2 Å². The Balaban J connectivity index is 2.02. The summed E-state index contributed by atoms with van der Waals surface area (Å²) in [5.41, 5.74) is 7.06. The lowest BCUT2D eigenvalue weighted by atomic mass is 10.2. The number of benzene rings is 1. The molecule has 1 fully saturated rings. The molecule has 16 heavy (non-hydrogen) atoms. The van der Waals surface area contributed by atoms with Crippen LogP contribution in [0.1, 0.15) is 19.8 Å². The molecule has 0 saturated carbocycles. The SMILES string of the molecule is C[C@H]1CCCN1C(=O)Nc1cccc(N)c1. The minimum Gasteiger partial charge on any atom is -0.399 e. The molecule has 1 aromatic rings. The van der Waals surface area contributed by atoms with Crippen molar-refractivity contribution in [1.29, 1.82) is 0 Å². The number of hydrogen-bond acceptors (Lipinski definition) is 2. The van der Waals surface area contributed by atoms with E-state index < -0.39 is 0 Å². The Morgan fingerprint density at radius 2 is 2.38 bits per heavy atom. The average Bonchev–Trinajstić information content (AvgIpc) is 2.64. The van der Waals surface area contributed by atoms with Gasteiger partial charge in [0, 0.05) is 24.0 Å². The molecule has 1 atom stereocenters. The average molecular weight is 219 g/mol. The van der Waals surface area contributed by atoms with E-state index in [2.05, 4.69) is 12.2 Å². The van der Waals surface area contributed by atoms with Crippen LogP contribution in [0.2, 0.25) is 0 Å². The summed E-state index contributed by atoms with van der Waals surface area (Å²) in [6, 6.07) is 7.54. The van der Waals surface area contributed by atoms with Gasteiger partial charge in [-0.2, -0.15) is 0 Å². The monoisotopic (exact) mass is 219 g/mol. The number of nitrogen functional groups attached to an aromatic ring is 1. The predicted molar refractivity (Wildman–Crippen MR) is 65.3 cm³/mol. The zero-order valence-corrected chi connectivity index (χ0v) is 9.44. The number of hydrogen-bond donors (Lipinski definition) is 2. The standard InChI is InChI=1S/C12H17N3O/c1-9-4-3-7-15(9)12(16)14-11-6-2-5-10(13)8-11/h2,5-6,8-9H,3-4,7,13H2,1H3,(H,14,16)/t9-/m0/s1. The molecule has 0 aromatic heterocycles. The molecule has 0 spiro atoms. The number of rotatable bonds is 1. The van der Waals surface area contributed by atoms with Crippen LogP contribution in [-0.4, -0.2) is 23.5 Å². The number of urea groups is 1. The summed E-state index contributed by atoms with van der Waals surface area (Å²) in [5, 5.41) is 2.86. The van der Waals surface area contributed by atoms with Crippen LogP contribution in [0.3, 0.4) is 0 Å². The molecule has 0 radical (unpaired) electrons. The van der Waals surface area contributed by atoms with Crippen molar-refractivity contribution in [3.63, 3.8) is 0 Å². The van der Waals surface area contributed by atoms with Crippen molar-refractivity contribution in [2.24, 2.45) is 0 Å². The number of anilines is 2. The van der Waals surface area contributed by atoms with E-state index in [4.69, 9.17) is 5.73 Å². The van der Waals surface area contributed by atoms with Crippen LogP contribution >= 0.6 is 0 Å². The van der Waals surface area contributed by atoms with Gasteiger partial charge < -0.3 is 16.0 Å². The maximum absolute atomic E-state index is 11.9. The normalized spacial score (nSPS) is 19.8. The molecule has 3 N–H and O–H groups in total. The molecule has 0 aliphatic carbocycles. The summed E-state index contributed by atoms with van der Waals surface area (Å²) in [6.07, 6.45) is 2.18. The molecule has 0 unspecified atom stereocenters. The minimum atomic E-state index is -0.0319. The second-order valence-electron chi connectivity index (χ2n) is 4.24. The quantitative estimate of drug-likeness (QED) is 0.712. The first kappa shape index (κ1) is 10.8. The third-order valence-corrected chi connectivity index (χ3v) is 2.95. The largest absolute Gasteiger partial charge is 0.399 e. The van der Waals surface area contributed by atoms with Crippen molar-refractivity contribution in [2.75, 3.05) is 17.6 Å². The summed E-state index contributed by atoms with van der Waals surface area (Å²) in [4.78, 5) is 13.8. The number of likely N-dealkylation sites (tertiary alicyclic amines) is 1. The van der Waals surface area contributed by atoms with E-state index in [1.807, 2.05) is 17.0 Å². The van der Waals surface area contributed by atoms with Crippen molar-refractivity contribution >= 4 is 17.4 Å². The topological polar surface area (TPSA) is 58.4 Å². The molecule has 1 heterocycles. The number of nitrogens with one attached hydrogen (secondary N) is 1. The molecule has 0 bridgehead atoms. The van der Waals surface area contributed by atoms with E-state index in [0.29, 0.717) is 11.7 Å². The number of nitrogens with two attached hydrogens (primary N) is 1. The summed E-state index contributed by atoms with van der Waals surface area (Å²) >= 11 is 0. The summed E-state index contributed by atoms with van der Waals surface area (Å²) in [6.45, 7) is 2.92. The van der Waals surface area contributed by atoms with Gasteiger partial charge in [-0.1, -0.05) is 6.07 Å². The van der Waals surface area contributed by atoms with Crippen LogP contribution in [0, 0.1) is 0 Å². The van der Waals surface area contributed by atoms with Crippen molar-refractivity contribution in [1.82, 2.24) is 4.90 Å². The first-order valence-electron chi connectivity index (χ1n) is 5.60. The molecule has 86 valence electrons. The first-order valence-corrected chi connectivity index (χ1v) is 5.60. The highest BCUT2D eigenvalue weighted by atomic mass is 16.2. The lowest BCUT2D eigenvalue weighted by molar-refractivity contribution is 0.210. The first-order chi connectivity index (χ1) is 7.66. The van der Waals surface area contributed by atoms with E-state index in [1.54, 1.807) is 12.1 Å². The van der Waals surface area contributed by atoms with Gasteiger partial charge in [0.2, 0.25) is 0 Å². The van der Waals surface area contributed by atoms with Crippen LogP contribution in [0.5, 0.6) is 0 Å². The molecular weight excluding hydrogens is 202 g/mol. The Labute approximate surface area is 95.4 Å². The van der Waals surface area contributed by atoms with Gasteiger partial charge in [-0.25, -0.2) is 4.79 Å². The van der Waals surface area contributed by atoms with Gasteiger partial charge in [-0.15, -0.1) is 0 Å². The Kier molecular flexibility index (Phi) is 2.99. The molecule has 1 aliphatic heterocycles. The zero-order chi connectivity index (χ0) is 11.5. The number of amides is 2. The number of nitrogens with zero attached hydrogens (tertiary/aromatic N) is 1. The summed E-state index contributed by atoms with van der Waals surface area (Å²) in [7, 11) is 0. The fourth-order valence-corrected chi connectivity index (χ4v) is 2.05. The lowest BCUT2D eigenvalue weighted by Crippen LogP contribution is -2.37. The number of carbonyl (C=O) groups excluding carboxylic acids is 1. The van der Waals surface area contributed by atoms with E-state index in [9.17, 15) is 4.79 Å². The van der Waals surface area contributed by atoms with Gasteiger partial charge >= 0.3 is 6.03 Å². The van der Waals surface area contributed by atoms with Crippen molar-refractivity contribution in [2.45, 2.75) is 25.8 Å². The highest BCUT2D eigenvalue weighted by Gasteiger charge is 2.24. The van der Waals surface area contributed by atoms with Gasteiger partial charge in [0.05, 0.1) is 0 Å². The molecular formula is C12H17N3O. The minimum absolute atomic E-state index is 0.0319. The van der Waals surface area contributed by atoms with Gasteiger partial charge in [-0.05, 0) is 38.0 Å². The second kappa shape index (κ2) is 4.43. The van der Waals surface area contributed by atoms with Gasteiger partial charge in [0.25, 0.3) is 0 Å². The number of carbonyl (C=O) groups is 1. The molecule has 4 heteroatoms. The maximum atomic E-state index is 11.9. The maximum Gasteiger partial charge on any atom is 0.322 e. The zero-order valence-electron chi connectivity index (χ0n) is 9.44. The Bertz CT molecular complexity index is 392. The van der Waals surface area contributed by atoms with Crippen molar-refractivity contribution in [3.8, 4) is 0 Å². The molecule has 4 nitrogen and oxygen atoms in total. The van der Waals surface area contributed by atoms with E-state index in [-0.39, 0.29) is 6.03 Å². The van der Waals surface area contributed by atoms with Crippen LogP contribution in [0.25, 0.3) is 0 Å². The van der Waals surface area contributed by atoms with E-state index >= 15 is 0 Å². The molecule has 1 aliphatic rings. The Hall–Kier alpha value is -1.71. The summed E-state index contributed by atoms with van der Waals surface area (Å²) in [5.74, 6) is 0. The molecule has 2 amide bonds. The third-order valence-electron chi connectivity index (χ3n) is 2.95. The smallest absolute Gasteiger partial charge is 0.322 e. The molecule has 1 saturated heterocycles. The third kappa shape index (κ3) is 2.27. The molecule has 2 rings (SSSR count). The summed E-state index contributed by atoms with van der Waals surface area (Å²) < 4.78 is 0. The fourth-order valence-electron chi connectivity index (χ4n) is 2.05. The molecule has 1 aromatic carbocycles. The van der Waals surface area contributed by atoms with Crippen LogP contribution in [0.15, 0.2) is 24.3 Å². The fraction of sp³-hybridized carbons (Fsp3) is 0.417. The van der Waals surface area contributed by atoms with Gasteiger partial charge in [0.15, 0.2) is 0 Å². The van der Waals surface area contributed by atoms with E-state index in [0.717, 1.165) is 25.1 Å². The lowest BCUT2D eigenvalue weighted by Gasteiger charge is -2.21. The highest BCUT2D eigenvalue weighted by Crippen LogP contribution is 2.19.